The molecule has 7 heteroatoms. The Hall–Kier alpha value is -2.93. The molecule has 3 heterocycles. The second-order valence-corrected chi connectivity index (χ2v) is 10.1. The molecule has 0 atom stereocenters. The molecule has 6 nitrogen and oxygen atoms in total. The normalized spacial score (nSPS) is 20.3. The van der Waals surface area contributed by atoms with E-state index in [-0.39, 0.29) is 17.3 Å². The maximum absolute atomic E-state index is 12.8. The van der Waals surface area contributed by atoms with E-state index < -0.39 is 0 Å². The van der Waals surface area contributed by atoms with E-state index in [4.69, 9.17) is 5.41 Å². The Kier molecular flexibility index (Phi) is 6.06. The fourth-order valence-electron chi connectivity index (χ4n) is 5.00. The summed E-state index contributed by atoms with van der Waals surface area (Å²) in [4.78, 5) is 17.1. The van der Waals surface area contributed by atoms with Gasteiger partial charge in [0.1, 0.15) is 5.04 Å². The van der Waals surface area contributed by atoms with Crippen LogP contribution in [0.25, 0.3) is 11.8 Å². The molecule has 1 aromatic heterocycles. The quantitative estimate of drug-likeness (QED) is 0.551. The highest BCUT2D eigenvalue weighted by atomic mass is 32.2. The topological polar surface area (TPSA) is 73.8 Å². The lowest BCUT2D eigenvalue weighted by atomic mass is 9.86. The zero-order chi connectivity index (χ0) is 22.9. The summed E-state index contributed by atoms with van der Waals surface area (Å²) in [5.74, 6) is 0.514. The van der Waals surface area contributed by atoms with Crippen molar-refractivity contribution < 1.29 is 4.79 Å². The molecule has 0 saturated heterocycles. The second-order valence-electron chi connectivity index (χ2n) is 9.05. The molecule has 2 aliphatic heterocycles. The predicted molar refractivity (Wildman–Crippen MR) is 136 cm³/mol. The van der Waals surface area contributed by atoms with Crippen molar-refractivity contribution in [1.29, 1.82) is 5.41 Å². The van der Waals surface area contributed by atoms with Crippen LogP contribution in [0.5, 0.6) is 0 Å². The van der Waals surface area contributed by atoms with Gasteiger partial charge in [0, 0.05) is 17.1 Å². The van der Waals surface area contributed by atoms with Crippen LogP contribution in [0.15, 0.2) is 52.1 Å². The summed E-state index contributed by atoms with van der Waals surface area (Å²) in [6, 6.07) is 12.2. The van der Waals surface area contributed by atoms with Crippen molar-refractivity contribution in [3.05, 3.63) is 58.9 Å². The summed E-state index contributed by atoms with van der Waals surface area (Å²) in [7, 11) is 0. The molecule has 0 radical (unpaired) electrons. The number of hydrogen-bond donors (Lipinski definition) is 1. The van der Waals surface area contributed by atoms with Crippen molar-refractivity contribution in [3.8, 4) is 5.69 Å². The fraction of sp³-hybridized carbons (Fsp3) is 0.385. The highest BCUT2D eigenvalue weighted by Crippen LogP contribution is 2.33. The van der Waals surface area contributed by atoms with E-state index in [1.807, 2.05) is 38.1 Å². The zero-order valence-corrected chi connectivity index (χ0v) is 20.0. The van der Waals surface area contributed by atoms with Gasteiger partial charge in [-0.2, -0.15) is 15.1 Å². The Bertz CT molecular complexity index is 1180. The number of aliphatic imine (C=N–C) groups is 1. The van der Waals surface area contributed by atoms with Crippen LogP contribution in [-0.4, -0.2) is 31.5 Å². The lowest BCUT2D eigenvalue weighted by Gasteiger charge is -2.20. The molecule has 1 aromatic carbocycles. The third kappa shape index (κ3) is 4.34. The number of nitrogens with one attached hydrogen (secondary N) is 1. The molecule has 170 valence electrons. The summed E-state index contributed by atoms with van der Waals surface area (Å²) >= 11 is 1.44. The van der Waals surface area contributed by atoms with Gasteiger partial charge in [-0.15, -0.1) is 0 Å². The highest BCUT2D eigenvalue weighted by Gasteiger charge is 2.35. The van der Waals surface area contributed by atoms with Gasteiger partial charge in [-0.1, -0.05) is 50.3 Å². The first-order valence-electron chi connectivity index (χ1n) is 11.7. The average molecular weight is 460 g/mol. The number of carbonyl (C=O) groups excluding carboxylic acids is 1. The minimum absolute atomic E-state index is 0.106. The fourth-order valence-corrected chi connectivity index (χ4v) is 5.90. The molecule has 0 unspecified atom stereocenters. The number of amides is 1. The Morgan fingerprint density at radius 3 is 2.67 bits per heavy atom. The van der Waals surface area contributed by atoms with Crippen molar-refractivity contribution >= 4 is 39.8 Å². The first-order valence-corrected chi connectivity index (χ1v) is 12.6. The Labute approximate surface area is 199 Å². The van der Waals surface area contributed by atoms with Gasteiger partial charge in [-0.3, -0.25) is 10.2 Å². The lowest BCUT2D eigenvalue weighted by molar-refractivity contribution is -0.114. The van der Waals surface area contributed by atoms with Crippen LogP contribution in [0.3, 0.4) is 0 Å². The SMILES string of the molecule is Cc1cc(C=C2C(=N)N3N=C(CCC4CCCCC4)SC3=NC2=O)c(C)n1-c1ccccc1. The van der Waals surface area contributed by atoms with Gasteiger partial charge in [-0.25, -0.2) is 0 Å². The van der Waals surface area contributed by atoms with Crippen LogP contribution in [0.1, 0.15) is 61.9 Å². The van der Waals surface area contributed by atoms with Crippen LogP contribution in [0.2, 0.25) is 0 Å². The summed E-state index contributed by atoms with van der Waals surface area (Å²) < 4.78 is 2.16. The number of aromatic nitrogens is 1. The van der Waals surface area contributed by atoms with E-state index in [1.165, 1.54) is 48.9 Å². The van der Waals surface area contributed by atoms with Crippen molar-refractivity contribution in [2.45, 2.75) is 58.8 Å². The number of amidine groups is 2. The van der Waals surface area contributed by atoms with Crippen LogP contribution in [-0.2, 0) is 4.79 Å². The van der Waals surface area contributed by atoms with Gasteiger partial charge in [0.25, 0.3) is 5.91 Å². The van der Waals surface area contributed by atoms with E-state index >= 15 is 0 Å². The van der Waals surface area contributed by atoms with Crippen molar-refractivity contribution in [1.82, 2.24) is 9.58 Å². The third-order valence-electron chi connectivity index (χ3n) is 6.77. The molecule has 5 rings (SSSR count). The number of thioether (sulfide) groups is 1. The van der Waals surface area contributed by atoms with E-state index in [9.17, 15) is 4.79 Å². The van der Waals surface area contributed by atoms with E-state index in [0.717, 1.165) is 46.4 Å². The molecule has 1 saturated carbocycles. The maximum Gasteiger partial charge on any atom is 0.283 e. The van der Waals surface area contributed by atoms with Gasteiger partial charge < -0.3 is 4.57 Å². The van der Waals surface area contributed by atoms with Gasteiger partial charge in [-0.05, 0) is 74.2 Å². The molecule has 0 spiro atoms. The maximum atomic E-state index is 12.8. The van der Waals surface area contributed by atoms with Crippen molar-refractivity contribution in [2.24, 2.45) is 16.0 Å². The van der Waals surface area contributed by atoms with E-state index in [2.05, 4.69) is 26.8 Å². The standard InChI is InChI=1S/C26H29N5OS/c1-17-15-20(18(2)30(17)21-11-7-4-8-12-21)16-22-24(27)31-26(28-25(22)32)33-23(29-31)14-13-19-9-5-3-6-10-19/h4,7-8,11-12,15-16,19,27H,3,5-6,9-10,13-14H2,1-2H3. The Morgan fingerprint density at radius 2 is 1.91 bits per heavy atom. The van der Waals surface area contributed by atoms with Crippen LogP contribution < -0.4 is 0 Å². The summed E-state index contributed by atoms with van der Waals surface area (Å²) in [5, 5.41) is 16.3. The second kappa shape index (κ2) is 9.14. The minimum Gasteiger partial charge on any atom is -0.318 e. The molecule has 1 fully saturated rings. The smallest absolute Gasteiger partial charge is 0.283 e. The molecule has 3 aliphatic rings. The van der Waals surface area contributed by atoms with Gasteiger partial charge >= 0.3 is 0 Å². The molecule has 0 bridgehead atoms. The van der Waals surface area contributed by atoms with Crippen LogP contribution in [0.4, 0.5) is 0 Å². The molecule has 33 heavy (non-hydrogen) atoms. The van der Waals surface area contributed by atoms with Gasteiger partial charge in [0.05, 0.1) is 5.57 Å². The molecular weight excluding hydrogens is 430 g/mol. The highest BCUT2D eigenvalue weighted by molar-refractivity contribution is 8.26. The number of fused-ring (bicyclic) bond motifs is 1. The summed E-state index contributed by atoms with van der Waals surface area (Å²) in [5.41, 5.74) is 4.37. The third-order valence-corrected chi connectivity index (χ3v) is 7.74. The first-order chi connectivity index (χ1) is 16.0. The van der Waals surface area contributed by atoms with Crippen LogP contribution in [0, 0.1) is 25.2 Å². The number of para-hydroxylation sites is 1. The van der Waals surface area contributed by atoms with Crippen molar-refractivity contribution in [2.75, 3.05) is 0 Å². The zero-order valence-electron chi connectivity index (χ0n) is 19.2. The lowest BCUT2D eigenvalue weighted by Crippen LogP contribution is -2.35. The number of benzene rings is 1. The van der Waals surface area contributed by atoms with E-state index in [0.29, 0.717) is 5.17 Å². The predicted octanol–water partition coefficient (Wildman–Crippen LogP) is 6.07. The summed E-state index contributed by atoms with van der Waals surface area (Å²) in [6.45, 7) is 4.08. The largest absolute Gasteiger partial charge is 0.318 e. The number of rotatable bonds is 5. The first kappa shape index (κ1) is 21.9. The Balaban J connectivity index is 1.37. The molecule has 1 N–H and O–H groups in total. The number of aryl methyl sites for hydroxylation is 1. The monoisotopic (exact) mass is 459 g/mol. The van der Waals surface area contributed by atoms with Crippen molar-refractivity contribution in [3.63, 3.8) is 0 Å². The molecule has 1 amide bonds. The van der Waals surface area contributed by atoms with Crippen LogP contribution >= 0.6 is 11.8 Å². The summed E-state index contributed by atoms with van der Waals surface area (Å²) in [6.07, 6.45) is 10.5. The minimum atomic E-state index is -0.369. The number of nitrogens with zero attached hydrogens (tertiary/aromatic N) is 4. The number of carbonyl (C=O) groups is 1. The van der Waals surface area contributed by atoms with E-state index in [1.54, 1.807) is 6.08 Å². The average Bonchev–Trinajstić information content (AvgIpc) is 3.36. The molecule has 2 aromatic rings. The number of hydrazone groups is 1. The van der Waals surface area contributed by atoms with Gasteiger partial charge in [0.15, 0.2) is 5.84 Å². The molecular formula is C26H29N5OS. The number of hydrogen-bond acceptors (Lipinski definition) is 4. The Morgan fingerprint density at radius 1 is 1.15 bits per heavy atom. The van der Waals surface area contributed by atoms with Gasteiger partial charge in [0.2, 0.25) is 5.17 Å². The molecule has 1 aliphatic carbocycles.